The second kappa shape index (κ2) is 8.50. The Morgan fingerprint density at radius 3 is 2.59 bits per heavy atom. The Balaban J connectivity index is 1.72. The van der Waals surface area contributed by atoms with Gasteiger partial charge in [0.1, 0.15) is 0 Å². The predicted octanol–water partition coefficient (Wildman–Crippen LogP) is 4.58. The topological polar surface area (TPSA) is 80.2 Å². The summed E-state index contributed by atoms with van der Waals surface area (Å²) in [6, 6.07) is 11.3. The summed E-state index contributed by atoms with van der Waals surface area (Å²) in [7, 11) is 3.13. The molecule has 0 saturated heterocycles. The number of amides is 2. The van der Waals surface area contributed by atoms with Crippen molar-refractivity contribution in [2.24, 2.45) is 5.10 Å². The van der Waals surface area contributed by atoms with Crippen LogP contribution >= 0.6 is 11.8 Å². The van der Waals surface area contributed by atoms with Crippen molar-refractivity contribution in [3.8, 4) is 11.5 Å². The van der Waals surface area contributed by atoms with Gasteiger partial charge in [0.15, 0.2) is 11.5 Å². The number of thioether (sulfide) groups is 1. The molecular formula is C24H27N3O4S. The molecule has 168 valence electrons. The van der Waals surface area contributed by atoms with Crippen LogP contribution in [0.3, 0.4) is 0 Å². The summed E-state index contributed by atoms with van der Waals surface area (Å²) >= 11 is 1.22. The highest BCUT2D eigenvalue weighted by atomic mass is 32.2. The maximum Gasteiger partial charge on any atom is 0.299 e. The zero-order valence-electron chi connectivity index (χ0n) is 18.9. The highest BCUT2D eigenvalue weighted by Crippen LogP contribution is 2.41. The number of hydrazone groups is 1. The fraction of sp³-hybridized carbons (Fsp3) is 0.375. The fourth-order valence-electron chi connectivity index (χ4n) is 4.19. The second-order valence-electron chi connectivity index (χ2n) is 8.55. The second-order valence-corrected chi connectivity index (χ2v) is 9.86. The van der Waals surface area contributed by atoms with E-state index < -0.39 is 0 Å². The smallest absolute Gasteiger partial charge is 0.299 e. The lowest BCUT2D eigenvalue weighted by atomic mass is 9.76. The number of nitrogens with one attached hydrogen (secondary N) is 1. The largest absolute Gasteiger partial charge is 0.493 e. The molecule has 2 aliphatic rings. The summed E-state index contributed by atoms with van der Waals surface area (Å²) in [5.74, 6) is 1.03. The summed E-state index contributed by atoms with van der Waals surface area (Å²) in [6.07, 6.45) is 0.829. The number of rotatable bonds is 4. The lowest BCUT2D eigenvalue weighted by Crippen LogP contribution is -2.41. The number of carbonyl (C=O) groups excluding carboxylic acids is 2. The number of nitrogens with zero attached hydrogens (tertiary/aromatic N) is 2. The van der Waals surface area contributed by atoms with E-state index in [0.717, 1.165) is 28.9 Å². The average molecular weight is 454 g/mol. The Labute approximate surface area is 192 Å². The lowest BCUT2D eigenvalue weighted by molar-refractivity contribution is 0.0982. The van der Waals surface area contributed by atoms with Gasteiger partial charge in [0.2, 0.25) is 0 Å². The van der Waals surface area contributed by atoms with Gasteiger partial charge in [-0.15, -0.1) is 0 Å². The number of fused-ring (bicyclic) bond motifs is 1. The van der Waals surface area contributed by atoms with E-state index >= 15 is 0 Å². The Bertz CT molecular complexity index is 1110. The molecule has 4 rings (SSSR count). The number of carbonyl (C=O) groups is 2. The molecule has 7 nitrogen and oxygen atoms in total. The molecule has 2 aromatic carbocycles. The molecule has 0 spiro atoms. The van der Waals surface area contributed by atoms with E-state index in [0.29, 0.717) is 23.6 Å². The molecule has 0 fully saturated rings. The molecule has 8 heteroatoms. The van der Waals surface area contributed by atoms with Gasteiger partial charge in [-0.1, -0.05) is 31.7 Å². The van der Waals surface area contributed by atoms with Crippen LogP contribution in [0.15, 0.2) is 41.5 Å². The third-order valence-corrected chi connectivity index (χ3v) is 6.97. The summed E-state index contributed by atoms with van der Waals surface area (Å²) < 4.78 is 10.7. The van der Waals surface area contributed by atoms with Crippen LogP contribution < -0.4 is 19.8 Å². The van der Waals surface area contributed by atoms with E-state index in [2.05, 4.69) is 30.4 Å². The molecule has 0 aromatic heterocycles. The SMILES string of the molecule is COc1ccc(C(=O)N2CCC(C)(C)c3cc(C4=NNC(=O)SC4C)ccc32)cc1OC. The Morgan fingerprint density at radius 2 is 1.91 bits per heavy atom. The molecule has 2 aromatic rings. The molecule has 0 radical (unpaired) electrons. The van der Waals surface area contributed by atoms with E-state index in [1.807, 2.05) is 24.0 Å². The molecule has 0 saturated carbocycles. The van der Waals surface area contributed by atoms with Gasteiger partial charge < -0.3 is 14.4 Å². The van der Waals surface area contributed by atoms with E-state index in [1.54, 1.807) is 32.4 Å². The molecule has 2 aliphatic heterocycles. The lowest BCUT2D eigenvalue weighted by Gasteiger charge is -2.39. The van der Waals surface area contributed by atoms with Gasteiger partial charge in [-0.05, 0) is 60.2 Å². The zero-order chi connectivity index (χ0) is 23.0. The summed E-state index contributed by atoms with van der Waals surface area (Å²) in [6.45, 7) is 6.97. The number of methoxy groups -OCH3 is 2. The van der Waals surface area contributed by atoms with Crippen LogP contribution in [0.4, 0.5) is 10.5 Å². The Kier molecular flexibility index (Phi) is 5.90. The maximum absolute atomic E-state index is 13.5. The molecule has 1 N–H and O–H groups in total. The third-order valence-electron chi connectivity index (χ3n) is 6.08. The molecule has 0 aliphatic carbocycles. The van der Waals surface area contributed by atoms with Crippen LogP contribution in [0.1, 0.15) is 48.7 Å². The van der Waals surface area contributed by atoms with Crippen LogP contribution in [0.2, 0.25) is 0 Å². The molecular weight excluding hydrogens is 426 g/mol. The van der Waals surface area contributed by atoms with E-state index in [4.69, 9.17) is 9.47 Å². The minimum Gasteiger partial charge on any atom is -0.493 e. The summed E-state index contributed by atoms with van der Waals surface area (Å²) in [5.41, 5.74) is 6.77. The van der Waals surface area contributed by atoms with Gasteiger partial charge >= 0.3 is 0 Å². The normalized spacial score (nSPS) is 19.5. The monoisotopic (exact) mass is 453 g/mol. The summed E-state index contributed by atoms with van der Waals surface area (Å²) in [4.78, 5) is 26.9. The molecule has 1 atom stereocenters. The first-order valence-corrected chi connectivity index (χ1v) is 11.4. The number of ether oxygens (including phenoxy) is 2. The summed E-state index contributed by atoms with van der Waals surface area (Å²) in [5, 5.41) is 4.10. The van der Waals surface area contributed by atoms with Crippen LogP contribution in [-0.4, -0.2) is 42.9 Å². The highest BCUT2D eigenvalue weighted by Gasteiger charge is 2.35. The van der Waals surface area contributed by atoms with Gasteiger partial charge in [0, 0.05) is 17.8 Å². The molecule has 2 amide bonds. The first kappa shape index (κ1) is 22.2. The molecule has 1 unspecified atom stereocenters. The Morgan fingerprint density at radius 1 is 1.16 bits per heavy atom. The van der Waals surface area contributed by atoms with Crippen molar-refractivity contribution in [2.45, 2.75) is 37.9 Å². The number of benzene rings is 2. The standard InChI is InChI=1S/C24H27N3O4S/c1-14-21(25-26-23(29)32-14)15-6-8-18-17(12-15)24(2,3)10-11-27(18)22(28)16-7-9-19(30-4)20(13-16)31-5/h6-9,12-14H,10-11H2,1-5H3,(H,26,29). The molecule has 32 heavy (non-hydrogen) atoms. The number of hydrogen-bond acceptors (Lipinski definition) is 6. The fourth-order valence-corrected chi connectivity index (χ4v) is 4.91. The molecule has 2 heterocycles. The third kappa shape index (κ3) is 3.95. The van der Waals surface area contributed by atoms with Crippen molar-refractivity contribution in [3.05, 3.63) is 53.1 Å². The Hall–Kier alpha value is -3.00. The molecule has 0 bridgehead atoms. The van der Waals surface area contributed by atoms with Crippen molar-refractivity contribution in [3.63, 3.8) is 0 Å². The van der Waals surface area contributed by atoms with Crippen LogP contribution in [0.5, 0.6) is 11.5 Å². The maximum atomic E-state index is 13.5. The first-order valence-electron chi connectivity index (χ1n) is 10.5. The average Bonchev–Trinajstić information content (AvgIpc) is 2.78. The van der Waals surface area contributed by atoms with E-state index in [1.165, 1.54) is 11.8 Å². The van der Waals surface area contributed by atoms with Crippen LogP contribution in [-0.2, 0) is 5.41 Å². The predicted molar refractivity (Wildman–Crippen MR) is 127 cm³/mol. The van der Waals surface area contributed by atoms with Crippen molar-refractivity contribution in [1.29, 1.82) is 0 Å². The van der Waals surface area contributed by atoms with Crippen molar-refractivity contribution in [2.75, 3.05) is 25.7 Å². The number of hydrogen-bond donors (Lipinski definition) is 1. The van der Waals surface area contributed by atoms with Gasteiger partial charge in [-0.3, -0.25) is 9.59 Å². The first-order chi connectivity index (χ1) is 15.2. The zero-order valence-corrected chi connectivity index (χ0v) is 19.7. The minimum absolute atomic E-state index is 0.0435. The van der Waals surface area contributed by atoms with E-state index in [-0.39, 0.29) is 21.8 Å². The van der Waals surface area contributed by atoms with Gasteiger partial charge in [0.25, 0.3) is 11.1 Å². The minimum atomic E-state index is -0.147. The van der Waals surface area contributed by atoms with Crippen LogP contribution in [0.25, 0.3) is 0 Å². The van der Waals surface area contributed by atoms with Crippen molar-refractivity contribution in [1.82, 2.24) is 5.43 Å². The van der Waals surface area contributed by atoms with Gasteiger partial charge in [-0.25, -0.2) is 5.43 Å². The van der Waals surface area contributed by atoms with Gasteiger partial charge in [-0.2, -0.15) is 5.10 Å². The highest BCUT2D eigenvalue weighted by molar-refractivity contribution is 8.14. The van der Waals surface area contributed by atoms with Gasteiger partial charge in [0.05, 0.1) is 25.2 Å². The van der Waals surface area contributed by atoms with Crippen LogP contribution in [0, 0.1) is 0 Å². The van der Waals surface area contributed by atoms with Crippen molar-refractivity contribution < 1.29 is 19.1 Å². The van der Waals surface area contributed by atoms with Crippen molar-refractivity contribution >= 4 is 34.3 Å². The number of anilines is 1. The quantitative estimate of drug-likeness (QED) is 0.733. The van der Waals surface area contributed by atoms with E-state index in [9.17, 15) is 9.59 Å².